The predicted octanol–water partition coefficient (Wildman–Crippen LogP) is 3.71. The lowest BCUT2D eigenvalue weighted by Crippen LogP contribution is -2.23. The van der Waals surface area contributed by atoms with Gasteiger partial charge in [-0.15, -0.1) is 0 Å². The maximum atomic E-state index is 12.4. The molecule has 0 radical (unpaired) electrons. The lowest BCUT2D eigenvalue weighted by molar-refractivity contribution is 0.0949. The van der Waals surface area contributed by atoms with Gasteiger partial charge in [0, 0.05) is 23.5 Å². The summed E-state index contributed by atoms with van der Waals surface area (Å²) in [5, 5.41) is 10.8. The van der Waals surface area contributed by atoms with E-state index in [-0.39, 0.29) is 12.5 Å². The summed E-state index contributed by atoms with van der Waals surface area (Å²) in [5.74, 6) is 2.45. The molecule has 1 amide bonds. The summed E-state index contributed by atoms with van der Waals surface area (Å²) in [6.45, 7) is 0.199. The van der Waals surface area contributed by atoms with E-state index in [1.807, 2.05) is 30.3 Å². The third-order valence-electron chi connectivity index (χ3n) is 5.16. The average Bonchev–Trinajstić information content (AvgIpc) is 3.37. The average molecular weight is 415 g/mol. The standard InChI is InChI=1S/C23H21N5O3/c29-22(17-9-7-16(8-10-17)21-26-23(31-28-21)18-11-12-18)24-14-19-25-20(30-27-19)13-6-15-4-2-1-3-5-15/h1-5,7-10,18H,6,11-14H2,(H,24,29). The Morgan fingerprint density at radius 1 is 0.935 bits per heavy atom. The number of hydrogen-bond acceptors (Lipinski definition) is 7. The minimum absolute atomic E-state index is 0.199. The van der Waals surface area contributed by atoms with Gasteiger partial charge in [0.15, 0.2) is 5.82 Å². The summed E-state index contributed by atoms with van der Waals surface area (Å²) in [7, 11) is 0. The molecule has 31 heavy (non-hydrogen) atoms. The van der Waals surface area contributed by atoms with E-state index < -0.39 is 0 Å². The molecule has 1 N–H and O–H groups in total. The quantitative estimate of drug-likeness (QED) is 0.467. The molecule has 8 nitrogen and oxygen atoms in total. The third kappa shape index (κ3) is 4.69. The number of hydrogen-bond donors (Lipinski definition) is 1. The maximum absolute atomic E-state index is 12.4. The first-order valence-electron chi connectivity index (χ1n) is 10.3. The highest BCUT2D eigenvalue weighted by molar-refractivity contribution is 5.94. The van der Waals surface area contributed by atoms with Crippen LogP contribution in [-0.4, -0.2) is 26.2 Å². The van der Waals surface area contributed by atoms with Gasteiger partial charge in [-0.25, -0.2) is 0 Å². The molecule has 0 bridgehead atoms. The third-order valence-corrected chi connectivity index (χ3v) is 5.16. The summed E-state index contributed by atoms with van der Waals surface area (Å²) >= 11 is 0. The minimum Gasteiger partial charge on any atom is -0.345 e. The topological polar surface area (TPSA) is 107 Å². The second-order valence-electron chi connectivity index (χ2n) is 7.58. The Labute approximate surface area is 178 Å². The fraction of sp³-hybridized carbons (Fsp3) is 0.261. The van der Waals surface area contributed by atoms with Crippen LogP contribution in [0.25, 0.3) is 11.4 Å². The fourth-order valence-electron chi connectivity index (χ4n) is 3.24. The molecule has 2 aromatic heterocycles. The molecule has 0 spiro atoms. The molecule has 5 rings (SSSR count). The van der Waals surface area contributed by atoms with Crippen LogP contribution in [-0.2, 0) is 19.4 Å². The van der Waals surface area contributed by atoms with Crippen LogP contribution in [0.5, 0.6) is 0 Å². The Balaban J connectivity index is 1.14. The van der Waals surface area contributed by atoms with Gasteiger partial charge in [-0.05, 0) is 37.0 Å². The van der Waals surface area contributed by atoms with Crippen LogP contribution < -0.4 is 5.32 Å². The van der Waals surface area contributed by atoms with Crippen LogP contribution in [0.1, 0.15) is 52.3 Å². The summed E-state index contributed by atoms with van der Waals surface area (Å²) in [6, 6.07) is 17.2. The second-order valence-corrected chi connectivity index (χ2v) is 7.58. The van der Waals surface area contributed by atoms with Gasteiger partial charge in [0.05, 0.1) is 6.54 Å². The molecule has 1 saturated carbocycles. The number of benzene rings is 2. The van der Waals surface area contributed by atoms with Gasteiger partial charge in [-0.2, -0.15) is 9.97 Å². The first-order chi connectivity index (χ1) is 15.2. The highest BCUT2D eigenvalue weighted by Gasteiger charge is 2.29. The van der Waals surface area contributed by atoms with E-state index in [1.165, 1.54) is 5.56 Å². The summed E-state index contributed by atoms with van der Waals surface area (Å²) < 4.78 is 10.6. The van der Waals surface area contributed by atoms with E-state index in [0.29, 0.717) is 41.3 Å². The highest BCUT2D eigenvalue weighted by atomic mass is 16.5. The van der Waals surface area contributed by atoms with Gasteiger partial charge in [0.1, 0.15) is 0 Å². The van der Waals surface area contributed by atoms with Crippen molar-refractivity contribution in [2.24, 2.45) is 0 Å². The molecule has 1 aliphatic carbocycles. The molecule has 8 heteroatoms. The first kappa shape index (κ1) is 19.2. The van der Waals surface area contributed by atoms with Crippen molar-refractivity contribution in [2.75, 3.05) is 0 Å². The Kier molecular flexibility index (Phi) is 5.26. The zero-order valence-electron chi connectivity index (χ0n) is 16.8. The van der Waals surface area contributed by atoms with Crippen LogP contribution >= 0.6 is 0 Å². The maximum Gasteiger partial charge on any atom is 0.251 e. The highest BCUT2D eigenvalue weighted by Crippen LogP contribution is 2.39. The van der Waals surface area contributed by atoms with Gasteiger partial charge < -0.3 is 14.4 Å². The molecule has 0 atom stereocenters. The number of aromatic nitrogens is 4. The number of nitrogens with one attached hydrogen (secondary N) is 1. The Bertz CT molecular complexity index is 1160. The van der Waals surface area contributed by atoms with Crippen LogP contribution in [0, 0.1) is 0 Å². The Hall–Kier alpha value is -3.81. The molecule has 0 aliphatic heterocycles. The molecule has 1 aliphatic rings. The lowest BCUT2D eigenvalue weighted by atomic mass is 10.1. The number of aryl methyl sites for hydroxylation is 2. The predicted molar refractivity (Wildman–Crippen MR) is 111 cm³/mol. The van der Waals surface area contributed by atoms with Crippen molar-refractivity contribution in [3.63, 3.8) is 0 Å². The van der Waals surface area contributed by atoms with Gasteiger partial charge in [0.25, 0.3) is 5.91 Å². The van der Waals surface area contributed by atoms with Gasteiger partial charge in [0.2, 0.25) is 17.6 Å². The molecule has 156 valence electrons. The van der Waals surface area contributed by atoms with Crippen molar-refractivity contribution < 1.29 is 13.8 Å². The van der Waals surface area contributed by atoms with Crippen molar-refractivity contribution in [2.45, 2.75) is 38.1 Å². The van der Waals surface area contributed by atoms with E-state index in [0.717, 1.165) is 24.8 Å². The molecule has 0 unspecified atom stereocenters. The fourth-order valence-corrected chi connectivity index (χ4v) is 3.24. The van der Waals surface area contributed by atoms with E-state index in [2.05, 4.69) is 37.7 Å². The van der Waals surface area contributed by atoms with Gasteiger partial charge in [-0.1, -0.05) is 52.8 Å². The van der Waals surface area contributed by atoms with E-state index >= 15 is 0 Å². The second kappa shape index (κ2) is 8.51. The van der Waals surface area contributed by atoms with Crippen LogP contribution in [0.3, 0.4) is 0 Å². The van der Waals surface area contributed by atoms with E-state index in [1.54, 1.807) is 12.1 Å². The zero-order valence-corrected chi connectivity index (χ0v) is 16.8. The molecule has 1 fully saturated rings. The lowest BCUT2D eigenvalue weighted by Gasteiger charge is -2.03. The summed E-state index contributed by atoms with van der Waals surface area (Å²) in [6.07, 6.45) is 3.69. The number of amides is 1. The smallest absolute Gasteiger partial charge is 0.251 e. The van der Waals surface area contributed by atoms with Crippen molar-refractivity contribution in [1.82, 2.24) is 25.6 Å². The molecular weight excluding hydrogens is 394 g/mol. The van der Waals surface area contributed by atoms with E-state index in [9.17, 15) is 4.79 Å². The normalized spacial score (nSPS) is 13.3. The number of carbonyl (C=O) groups is 1. The summed E-state index contributed by atoms with van der Waals surface area (Å²) in [5.41, 5.74) is 2.56. The number of rotatable bonds is 8. The van der Waals surface area contributed by atoms with E-state index in [4.69, 9.17) is 9.05 Å². The number of nitrogens with zero attached hydrogens (tertiary/aromatic N) is 4. The van der Waals surface area contributed by atoms with Crippen LogP contribution in [0.4, 0.5) is 0 Å². The van der Waals surface area contributed by atoms with Crippen molar-refractivity contribution >= 4 is 5.91 Å². The summed E-state index contributed by atoms with van der Waals surface area (Å²) in [4.78, 5) is 21.2. The Morgan fingerprint density at radius 2 is 1.74 bits per heavy atom. The SMILES string of the molecule is O=C(NCc1noc(CCc2ccccc2)n1)c1ccc(-c2noc(C3CC3)n2)cc1. The Morgan fingerprint density at radius 3 is 2.52 bits per heavy atom. The van der Waals surface area contributed by atoms with Gasteiger partial charge in [-0.3, -0.25) is 4.79 Å². The van der Waals surface area contributed by atoms with Crippen molar-refractivity contribution in [3.05, 3.63) is 83.3 Å². The molecule has 0 saturated heterocycles. The molecule has 2 aromatic carbocycles. The van der Waals surface area contributed by atoms with Crippen molar-refractivity contribution in [1.29, 1.82) is 0 Å². The molecular formula is C23H21N5O3. The number of carbonyl (C=O) groups excluding carboxylic acids is 1. The molecule has 2 heterocycles. The molecule has 4 aromatic rings. The first-order valence-corrected chi connectivity index (χ1v) is 10.3. The minimum atomic E-state index is -0.214. The monoisotopic (exact) mass is 415 g/mol. The van der Waals surface area contributed by atoms with Crippen LogP contribution in [0.15, 0.2) is 63.6 Å². The largest absolute Gasteiger partial charge is 0.345 e. The van der Waals surface area contributed by atoms with Gasteiger partial charge >= 0.3 is 0 Å². The van der Waals surface area contributed by atoms with Crippen molar-refractivity contribution in [3.8, 4) is 11.4 Å². The zero-order chi connectivity index (χ0) is 21.0. The van der Waals surface area contributed by atoms with Crippen LogP contribution in [0.2, 0.25) is 0 Å².